The van der Waals surface area contributed by atoms with Crippen molar-refractivity contribution in [2.24, 2.45) is 0 Å². The van der Waals surface area contributed by atoms with Crippen molar-refractivity contribution < 1.29 is 22.7 Å². The van der Waals surface area contributed by atoms with Crippen LogP contribution < -0.4 is 10.1 Å². The number of carbonyl (C=O) groups is 1. The second-order valence-electron chi connectivity index (χ2n) is 5.56. The monoisotopic (exact) mass is 391 g/mol. The van der Waals surface area contributed by atoms with Crippen LogP contribution in [0.1, 0.15) is 11.5 Å². The van der Waals surface area contributed by atoms with Crippen LogP contribution in [0.2, 0.25) is 0 Å². The maximum absolute atomic E-state index is 13.1. The second kappa shape index (κ2) is 8.63. The number of ether oxygens (including phenoxy) is 1. The highest BCUT2D eigenvalue weighted by atomic mass is 32.2. The lowest BCUT2D eigenvalue weighted by Crippen LogP contribution is -2.14. The van der Waals surface area contributed by atoms with Gasteiger partial charge in [-0.15, -0.1) is 10.2 Å². The molecule has 0 bridgehead atoms. The summed E-state index contributed by atoms with van der Waals surface area (Å²) in [5.41, 5.74) is 1.11. The Labute approximate surface area is 157 Å². The number of halogens is 2. The van der Waals surface area contributed by atoms with E-state index >= 15 is 0 Å². The first-order valence-electron chi connectivity index (χ1n) is 7.88. The Morgan fingerprint density at radius 3 is 2.70 bits per heavy atom. The van der Waals surface area contributed by atoms with Gasteiger partial charge in [0.2, 0.25) is 5.91 Å². The van der Waals surface area contributed by atoms with E-state index in [1.165, 1.54) is 0 Å². The molecule has 3 aromatic rings. The smallest absolute Gasteiger partial charge is 0.277 e. The fraction of sp³-hybridized carbons (Fsp3) is 0.167. The van der Waals surface area contributed by atoms with E-state index in [1.54, 1.807) is 0 Å². The van der Waals surface area contributed by atoms with Crippen molar-refractivity contribution in [2.45, 2.75) is 18.8 Å². The molecule has 0 unspecified atom stereocenters. The van der Waals surface area contributed by atoms with Crippen LogP contribution in [0.4, 0.5) is 14.5 Å². The number of anilines is 1. The lowest BCUT2D eigenvalue weighted by molar-refractivity contribution is -0.113. The van der Waals surface area contributed by atoms with E-state index in [0.29, 0.717) is 5.75 Å². The Hall–Kier alpha value is -2.94. The summed E-state index contributed by atoms with van der Waals surface area (Å²) in [4.78, 5) is 11.9. The molecule has 0 fully saturated rings. The fourth-order valence-electron chi connectivity index (χ4n) is 2.16. The number of nitrogens with zero attached hydrogens (tertiary/aromatic N) is 2. The Morgan fingerprint density at radius 2 is 1.96 bits per heavy atom. The molecule has 9 heteroatoms. The van der Waals surface area contributed by atoms with E-state index in [9.17, 15) is 13.6 Å². The van der Waals surface area contributed by atoms with Crippen molar-refractivity contribution >= 4 is 23.4 Å². The van der Waals surface area contributed by atoms with E-state index in [0.717, 1.165) is 35.5 Å². The van der Waals surface area contributed by atoms with E-state index in [2.05, 4.69) is 15.5 Å². The summed E-state index contributed by atoms with van der Waals surface area (Å²) in [5, 5.41) is 10.3. The molecular formula is C18H15F2N3O3S. The number of hydrogen-bond acceptors (Lipinski definition) is 6. The van der Waals surface area contributed by atoms with Gasteiger partial charge in [-0.25, -0.2) is 8.78 Å². The highest BCUT2D eigenvalue weighted by Crippen LogP contribution is 2.19. The van der Waals surface area contributed by atoms with Crippen LogP contribution in [-0.4, -0.2) is 21.9 Å². The summed E-state index contributed by atoms with van der Waals surface area (Å²) in [6.07, 6.45) is 0. The van der Waals surface area contributed by atoms with Crippen LogP contribution in [0.25, 0.3) is 0 Å². The number of rotatable bonds is 7. The standard InChI is InChI=1S/C18H15F2N3O3S/c1-11-3-2-4-15(5-11)25-9-17-22-23-18(26-17)27-10-16(24)21-14-7-12(19)6-13(20)8-14/h2-8H,9-10H2,1H3,(H,21,24). The van der Waals surface area contributed by atoms with Crippen molar-refractivity contribution in [1.82, 2.24) is 10.2 Å². The molecule has 0 aliphatic rings. The molecule has 0 atom stereocenters. The van der Waals surface area contributed by atoms with Gasteiger partial charge in [0.05, 0.1) is 5.75 Å². The number of hydrogen-bond donors (Lipinski definition) is 1. The van der Waals surface area contributed by atoms with Gasteiger partial charge in [0.15, 0.2) is 6.61 Å². The minimum atomic E-state index is -0.770. The van der Waals surface area contributed by atoms with Gasteiger partial charge in [-0.05, 0) is 36.8 Å². The van der Waals surface area contributed by atoms with Crippen LogP contribution in [0, 0.1) is 18.6 Å². The van der Waals surface area contributed by atoms with Gasteiger partial charge >= 0.3 is 0 Å². The Balaban J connectivity index is 1.48. The third-order valence-electron chi connectivity index (χ3n) is 3.27. The summed E-state index contributed by atoms with van der Waals surface area (Å²) in [6.45, 7) is 2.06. The number of benzene rings is 2. The normalized spacial score (nSPS) is 10.6. The van der Waals surface area contributed by atoms with Crippen LogP contribution in [0.3, 0.4) is 0 Å². The third-order valence-corrected chi connectivity index (χ3v) is 4.09. The van der Waals surface area contributed by atoms with Gasteiger partial charge in [-0.3, -0.25) is 4.79 Å². The maximum Gasteiger partial charge on any atom is 0.277 e. The number of amides is 1. The van der Waals surface area contributed by atoms with Crippen LogP contribution in [-0.2, 0) is 11.4 Å². The zero-order chi connectivity index (χ0) is 19.2. The Kier molecular flexibility index (Phi) is 6.02. The molecule has 0 saturated carbocycles. The lowest BCUT2D eigenvalue weighted by atomic mass is 10.2. The van der Waals surface area contributed by atoms with E-state index in [-0.39, 0.29) is 29.2 Å². The van der Waals surface area contributed by atoms with Crippen molar-refractivity contribution in [2.75, 3.05) is 11.1 Å². The van der Waals surface area contributed by atoms with Gasteiger partial charge in [0.1, 0.15) is 17.4 Å². The minimum absolute atomic E-state index is 0.0378. The quantitative estimate of drug-likeness (QED) is 0.614. The van der Waals surface area contributed by atoms with E-state index in [4.69, 9.17) is 9.15 Å². The van der Waals surface area contributed by atoms with Crippen molar-refractivity contribution in [3.8, 4) is 5.75 Å². The molecule has 0 saturated heterocycles. The summed E-state index contributed by atoms with van der Waals surface area (Å²) >= 11 is 1.01. The predicted octanol–water partition coefficient (Wildman–Crippen LogP) is 3.97. The van der Waals surface area contributed by atoms with Gasteiger partial charge in [-0.2, -0.15) is 0 Å². The number of carbonyl (C=O) groups excluding carboxylic acids is 1. The molecule has 140 valence electrons. The molecule has 3 rings (SSSR count). The fourth-order valence-corrected chi connectivity index (χ4v) is 2.74. The second-order valence-corrected chi connectivity index (χ2v) is 6.49. The molecule has 6 nitrogen and oxygen atoms in total. The SMILES string of the molecule is Cc1cccc(OCc2nnc(SCC(=O)Nc3cc(F)cc(F)c3)o2)c1. The Morgan fingerprint density at radius 1 is 1.19 bits per heavy atom. The largest absolute Gasteiger partial charge is 0.484 e. The van der Waals surface area contributed by atoms with Gasteiger partial charge < -0.3 is 14.5 Å². The van der Waals surface area contributed by atoms with Crippen LogP contribution in [0.15, 0.2) is 52.1 Å². The van der Waals surface area contributed by atoms with Crippen molar-refractivity contribution in [3.63, 3.8) is 0 Å². The number of nitrogens with one attached hydrogen (secondary N) is 1. The molecule has 1 amide bonds. The van der Waals surface area contributed by atoms with Gasteiger partial charge in [-0.1, -0.05) is 23.9 Å². The molecule has 0 aliphatic heterocycles. The topological polar surface area (TPSA) is 77.2 Å². The molecule has 0 aliphatic carbocycles. The first-order chi connectivity index (χ1) is 13.0. The van der Waals surface area contributed by atoms with Crippen molar-refractivity contribution in [1.29, 1.82) is 0 Å². The average Bonchev–Trinajstić information content (AvgIpc) is 3.05. The number of aromatic nitrogens is 2. The van der Waals surface area contributed by atoms with Crippen LogP contribution >= 0.6 is 11.8 Å². The number of thioether (sulfide) groups is 1. The van der Waals surface area contributed by atoms with E-state index < -0.39 is 17.5 Å². The molecule has 1 heterocycles. The predicted molar refractivity (Wildman–Crippen MR) is 95.5 cm³/mol. The average molecular weight is 391 g/mol. The molecule has 2 aromatic carbocycles. The summed E-state index contributed by atoms with van der Waals surface area (Å²) in [5.74, 6) is -1.10. The van der Waals surface area contributed by atoms with Gasteiger partial charge in [0.25, 0.3) is 11.1 Å². The first-order valence-corrected chi connectivity index (χ1v) is 8.87. The first kappa shape index (κ1) is 18.8. The highest BCUT2D eigenvalue weighted by Gasteiger charge is 2.11. The third kappa shape index (κ3) is 5.78. The summed E-state index contributed by atoms with van der Waals surface area (Å²) in [7, 11) is 0. The summed E-state index contributed by atoms with van der Waals surface area (Å²) < 4.78 is 37.2. The lowest BCUT2D eigenvalue weighted by Gasteiger charge is -2.04. The Bertz CT molecular complexity index is 929. The number of aryl methyl sites for hydroxylation is 1. The van der Waals surface area contributed by atoms with E-state index in [1.807, 2.05) is 31.2 Å². The van der Waals surface area contributed by atoms with Crippen LogP contribution in [0.5, 0.6) is 5.75 Å². The molecule has 1 N–H and O–H groups in total. The van der Waals surface area contributed by atoms with Crippen molar-refractivity contribution in [3.05, 3.63) is 65.6 Å². The molecular weight excluding hydrogens is 376 g/mol. The molecule has 27 heavy (non-hydrogen) atoms. The zero-order valence-corrected chi connectivity index (χ0v) is 15.1. The molecule has 0 spiro atoms. The molecule has 1 aromatic heterocycles. The summed E-state index contributed by atoms with van der Waals surface area (Å²) in [6, 6.07) is 10.3. The molecule has 0 radical (unpaired) electrons. The highest BCUT2D eigenvalue weighted by molar-refractivity contribution is 7.99. The zero-order valence-electron chi connectivity index (χ0n) is 14.2. The maximum atomic E-state index is 13.1. The minimum Gasteiger partial charge on any atom is -0.484 e. The van der Waals surface area contributed by atoms with Gasteiger partial charge in [0, 0.05) is 11.8 Å².